The summed E-state index contributed by atoms with van der Waals surface area (Å²) in [5.74, 6) is 0.121. The minimum Gasteiger partial charge on any atom is -0.504 e. The van der Waals surface area contributed by atoms with Gasteiger partial charge in [-0.2, -0.15) is 11.8 Å². The van der Waals surface area contributed by atoms with Gasteiger partial charge in [-0.1, -0.05) is 0 Å². The van der Waals surface area contributed by atoms with Crippen LogP contribution in [0.1, 0.15) is 10.4 Å². The molecule has 1 aliphatic heterocycles. The van der Waals surface area contributed by atoms with Gasteiger partial charge in [0.15, 0.2) is 11.5 Å². The molecule has 1 aromatic rings. The molecule has 1 aliphatic rings. The molecule has 0 amide bonds. The zero-order valence-corrected chi connectivity index (χ0v) is 12.7. The Labute approximate surface area is 131 Å². The van der Waals surface area contributed by atoms with Gasteiger partial charge in [-0.15, -0.1) is 12.4 Å². The highest BCUT2D eigenvalue weighted by Gasteiger charge is 2.23. The standard InChI is InChI=1S/C12H14N2O5S.ClH/c15-10-6-8(5-9(12(10)17)14(18)19)11(16)7-13-1-3-20-4-2-13;/h5-6,15,17H,1-4,7H2;1H. The molecule has 7 nitrogen and oxygen atoms in total. The summed E-state index contributed by atoms with van der Waals surface area (Å²) in [6.45, 7) is 1.74. The number of carbonyl (C=O) groups excluding carboxylic acids is 1. The molecule has 0 aromatic heterocycles. The number of ketones is 1. The van der Waals surface area contributed by atoms with E-state index in [4.69, 9.17) is 0 Å². The molecule has 2 rings (SSSR count). The minimum absolute atomic E-state index is 0. The zero-order chi connectivity index (χ0) is 14.7. The van der Waals surface area contributed by atoms with E-state index >= 15 is 0 Å². The molecule has 0 bridgehead atoms. The zero-order valence-electron chi connectivity index (χ0n) is 11.0. The summed E-state index contributed by atoms with van der Waals surface area (Å²) >= 11 is 1.82. The molecule has 0 spiro atoms. The van der Waals surface area contributed by atoms with Crippen LogP contribution < -0.4 is 0 Å². The molecular formula is C12H15ClN2O5S. The molecule has 1 heterocycles. The summed E-state index contributed by atoms with van der Waals surface area (Å²) in [7, 11) is 0. The Morgan fingerprint density at radius 1 is 1.33 bits per heavy atom. The number of rotatable bonds is 4. The third-order valence-electron chi connectivity index (χ3n) is 3.06. The van der Waals surface area contributed by atoms with Crippen molar-refractivity contribution in [3.8, 4) is 11.5 Å². The predicted molar refractivity (Wildman–Crippen MR) is 81.8 cm³/mol. The van der Waals surface area contributed by atoms with Crippen LogP contribution in [0.5, 0.6) is 11.5 Å². The van der Waals surface area contributed by atoms with Gasteiger partial charge in [0.25, 0.3) is 0 Å². The smallest absolute Gasteiger partial charge is 0.315 e. The molecule has 0 unspecified atom stereocenters. The van der Waals surface area contributed by atoms with Gasteiger partial charge in [-0.05, 0) is 6.07 Å². The van der Waals surface area contributed by atoms with Crippen molar-refractivity contribution in [2.24, 2.45) is 0 Å². The number of thioether (sulfide) groups is 1. The Kier molecular flexibility index (Phi) is 6.25. The average Bonchev–Trinajstić information content (AvgIpc) is 2.42. The number of Topliss-reactive ketones (excluding diaryl/α,β-unsaturated/α-hetero) is 1. The largest absolute Gasteiger partial charge is 0.504 e. The second-order valence-corrected chi connectivity index (χ2v) is 5.66. The van der Waals surface area contributed by atoms with Crippen LogP contribution in [0.2, 0.25) is 0 Å². The quantitative estimate of drug-likeness (QED) is 0.373. The number of nitro benzene ring substituents is 1. The number of phenols is 2. The Morgan fingerprint density at radius 3 is 2.52 bits per heavy atom. The lowest BCUT2D eigenvalue weighted by molar-refractivity contribution is -0.386. The third kappa shape index (κ3) is 4.23. The molecule has 0 aliphatic carbocycles. The van der Waals surface area contributed by atoms with Crippen molar-refractivity contribution in [2.75, 3.05) is 31.1 Å². The first-order valence-corrected chi connectivity index (χ1v) is 7.18. The fraction of sp³-hybridized carbons (Fsp3) is 0.417. The number of phenolic OH excluding ortho intramolecular Hbond substituents is 2. The van der Waals surface area contributed by atoms with E-state index in [1.807, 2.05) is 16.7 Å². The maximum Gasteiger partial charge on any atom is 0.315 e. The average molecular weight is 335 g/mol. The number of halogens is 1. The van der Waals surface area contributed by atoms with Crippen LogP contribution in [-0.2, 0) is 0 Å². The summed E-state index contributed by atoms with van der Waals surface area (Å²) in [6.07, 6.45) is 0. The van der Waals surface area contributed by atoms with Crippen molar-refractivity contribution in [3.63, 3.8) is 0 Å². The summed E-state index contributed by atoms with van der Waals surface area (Å²) < 4.78 is 0. The van der Waals surface area contributed by atoms with Gasteiger partial charge in [0.2, 0.25) is 5.75 Å². The van der Waals surface area contributed by atoms with E-state index in [0.29, 0.717) is 0 Å². The highest BCUT2D eigenvalue weighted by molar-refractivity contribution is 7.99. The summed E-state index contributed by atoms with van der Waals surface area (Å²) in [6, 6.07) is 2.06. The SMILES string of the molecule is Cl.O=C(CN1CCSCC1)c1cc(O)c(O)c([N+](=O)[O-])c1. The van der Waals surface area contributed by atoms with E-state index < -0.39 is 22.1 Å². The Bertz CT molecular complexity index is 549. The van der Waals surface area contributed by atoms with Gasteiger partial charge in [-0.3, -0.25) is 19.8 Å². The van der Waals surface area contributed by atoms with E-state index in [0.717, 1.165) is 36.7 Å². The first kappa shape index (κ1) is 17.5. The number of aromatic hydroxyl groups is 2. The summed E-state index contributed by atoms with van der Waals surface area (Å²) in [5, 5.41) is 29.6. The van der Waals surface area contributed by atoms with Crippen LogP contribution in [0.15, 0.2) is 12.1 Å². The van der Waals surface area contributed by atoms with Crippen molar-refractivity contribution in [3.05, 3.63) is 27.8 Å². The molecule has 1 aromatic carbocycles. The molecule has 0 saturated carbocycles. The molecule has 1 saturated heterocycles. The number of nitro groups is 1. The van der Waals surface area contributed by atoms with Crippen LogP contribution in [0.4, 0.5) is 5.69 Å². The van der Waals surface area contributed by atoms with Gasteiger partial charge in [0.1, 0.15) is 0 Å². The second kappa shape index (κ2) is 7.48. The van der Waals surface area contributed by atoms with Crippen molar-refractivity contribution in [1.29, 1.82) is 0 Å². The monoisotopic (exact) mass is 334 g/mol. The van der Waals surface area contributed by atoms with Gasteiger partial charge in [0, 0.05) is 36.2 Å². The van der Waals surface area contributed by atoms with Gasteiger partial charge in [-0.25, -0.2) is 0 Å². The van der Waals surface area contributed by atoms with Crippen LogP contribution in [0.25, 0.3) is 0 Å². The van der Waals surface area contributed by atoms with Crippen molar-refractivity contribution < 1.29 is 19.9 Å². The summed E-state index contributed by atoms with van der Waals surface area (Å²) in [5.41, 5.74) is -0.632. The van der Waals surface area contributed by atoms with E-state index in [2.05, 4.69) is 0 Å². The second-order valence-electron chi connectivity index (χ2n) is 4.43. The number of carbonyl (C=O) groups is 1. The molecule has 0 atom stereocenters. The summed E-state index contributed by atoms with van der Waals surface area (Å²) in [4.78, 5) is 24.0. The van der Waals surface area contributed by atoms with Crippen molar-refractivity contribution in [2.45, 2.75) is 0 Å². The van der Waals surface area contributed by atoms with E-state index in [9.17, 15) is 25.1 Å². The van der Waals surface area contributed by atoms with E-state index in [1.165, 1.54) is 0 Å². The Balaban J connectivity index is 0.00000220. The molecule has 21 heavy (non-hydrogen) atoms. The molecular weight excluding hydrogens is 320 g/mol. The molecule has 9 heteroatoms. The van der Waals surface area contributed by atoms with Crippen LogP contribution in [0, 0.1) is 10.1 Å². The van der Waals surface area contributed by atoms with Crippen molar-refractivity contribution >= 4 is 35.6 Å². The number of hydrogen-bond acceptors (Lipinski definition) is 7. The van der Waals surface area contributed by atoms with Crippen LogP contribution in [0.3, 0.4) is 0 Å². The highest BCUT2D eigenvalue weighted by Crippen LogP contribution is 2.36. The first-order valence-electron chi connectivity index (χ1n) is 6.02. The maximum atomic E-state index is 12.1. The molecule has 0 radical (unpaired) electrons. The molecule has 116 valence electrons. The number of hydrogen-bond donors (Lipinski definition) is 2. The lowest BCUT2D eigenvalue weighted by Crippen LogP contribution is -2.36. The molecule has 2 N–H and O–H groups in total. The predicted octanol–water partition coefficient (Wildman–Crippen LogP) is 1.66. The number of benzene rings is 1. The normalized spacial score (nSPS) is 15.2. The topological polar surface area (TPSA) is 104 Å². The van der Waals surface area contributed by atoms with Crippen LogP contribution in [-0.4, -0.2) is 57.0 Å². The van der Waals surface area contributed by atoms with Gasteiger partial charge < -0.3 is 10.2 Å². The van der Waals surface area contributed by atoms with Gasteiger partial charge >= 0.3 is 5.69 Å². The maximum absolute atomic E-state index is 12.1. The third-order valence-corrected chi connectivity index (χ3v) is 4.00. The van der Waals surface area contributed by atoms with E-state index in [1.54, 1.807) is 0 Å². The van der Waals surface area contributed by atoms with Crippen LogP contribution >= 0.6 is 24.2 Å². The van der Waals surface area contributed by atoms with Gasteiger partial charge in [0.05, 0.1) is 11.5 Å². The minimum atomic E-state index is -0.830. The molecule has 1 fully saturated rings. The Hall–Kier alpha value is -1.51. The fourth-order valence-electron chi connectivity index (χ4n) is 1.96. The van der Waals surface area contributed by atoms with Crippen molar-refractivity contribution in [1.82, 2.24) is 4.90 Å². The highest BCUT2D eigenvalue weighted by atomic mass is 35.5. The number of nitrogens with zero attached hydrogens (tertiary/aromatic N) is 2. The van der Waals surface area contributed by atoms with E-state index in [-0.39, 0.29) is 30.3 Å². The fourth-order valence-corrected chi connectivity index (χ4v) is 2.94. The first-order chi connectivity index (χ1) is 9.49. The lowest BCUT2D eigenvalue weighted by atomic mass is 10.1. The lowest BCUT2D eigenvalue weighted by Gasteiger charge is -2.25. The Morgan fingerprint density at radius 2 is 1.95 bits per heavy atom.